The highest BCUT2D eigenvalue weighted by molar-refractivity contribution is 5.15. The summed E-state index contributed by atoms with van der Waals surface area (Å²) in [5.74, 6) is 2.22. The van der Waals surface area contributed by atoms with Crippen molar-refractivity contribution in [3.8, 4) is 0 Å². The average molecular weight is 477 g/mol. The molecule has 12 atom stereocenters. The van der Waals surface area contributed by atoms with E-state index in [9.17, 15) is 20.1 Å². The van der Waals surface area contributed by atoms with Crippen LogP contribution in [0.3, 0.4) is 0 Å². The van der Waals surface area contributed by atoms with Gasteiger partial charge in [-0.15, -0.1) is 0 Å². The molecule has 0 bridgehead atoms. The van der Waals surface area contributed by atoms with Crippen molar-refractivity contribution in [1.82, 2.24) is 10.1 Å². The van der Waals surface area contributed by atoms with Gasteiger partial charge in [-0.3, -0.25) is 9.51 Å². The molecule has 0 aliphatic heterocycles. The summed E-state index contributed by atoms with van der Waals surface area (Å²) in [5, 5.41) is 37.8. The Labute approximate surface area is 202 Å². The third-order valence-electron chi connectivity index (χ3n) is 11.6. The highest BCUT2D eigenvalue weighted by Gasteiger charge is 2.67. The number of hydrogen-bond donors (Lipinski definition) is 4. The number of aromatic amines is 1. The van der Waals surface area contributed by atoms with E-state index in [1.54, 1.807) is 0 Å². The predicted molar refractivity (Wildman–Crippen MR) is 128 cm³/mol. The highest BCUT2D eigenvalue weighted by atomic mass is 16.5. The Balaban J connectivity index is 1.41. The Bertz CT molecular complexity index is 930. The number of nitrogens with one attached hydrogen (secondary N) is 1. The van der Waals surface area contributed by atoms with Gasteiger partial charge in [-0.25, -0.2) is 4.79 Å². The number of rotatable bonds is 5. The van der Waals surface area contributed by atoms with Crippen LogP contribution in [0.5, 0.6) is 0 Å². The quantitative estimate of drug-likeness (QED) is 0.516. The van der Waals surface area contributed by atoms with Crippen molar-refractivity contribution in [1.29, 1.82) is 0 Å². The molecule has 0 aromatic carbocycles. The molecule has 34 heavy (non-hydrogen) atoms. The van der Waals surface area contributed by atoms with Crippen molar-refractivity contribution in [2.24, 2.45) is 52.3 Å². The third kappa shape index (κ3) is 3.55. The maximum Gasteiger partial charge on any atom is 0.438 e. The van der Waals surface area contributed by atoms with Gasteiger partial charge in [0, 0.05) is 6.42 Å². The van der Waals surface area contributed by atoms with Gasteiger partial charge in [-0.05, 0) is 97.2 Å². The summed E-state index contributed by atoms with van der Waals surface area (Å²) >= 11 is 0. The molecule has 4 aliphatic rings. The minimum Gasteiger partial charge on any atom is -0.393 e. The maximum absolute atomic E-state index is 11.8. The molecule has 1 aromatic rings. The van der Waals surface area contributed by atoms with Crippen LogP contribution in [0.2, 0.25) is 0 Å². The molecular weight excluding hydrogens is 432 g/mol. The Morgan fingerprint density at radius 3 is 2.56 bits per heavy atom. The van der Waals surface area contributed by atoms with Crippen molar-refractivity contribution in [3.63, 3.8) is 0 Å². The van der Waals surface area contributed by atoms with Crippen molar-refractivity contribution in [2.75, 3.05) is 0 Å². The lowest BCUT2D eigenvalue weighted by molar-refractivity contribution is -0.228. The molecule has 4 N–H and O–H groups in total. The summed E-state index contributed by atoms with van der Waals surface area (Å²) in [6.45, 7) is 9.15. The molecule has 7 nitrogen and oxygen atoms in total. The molecule has 192 valence electrons. The van der Waals surface area contributed by atoms with Gasteiger partial charge in [0.15, 0.2) is 5.82 Å². The second kappa shape index (κ2) is 8.74. The summed E-state index contributed by atoms with van der Waals surface area (Å²) in [6.07, 6.45) is 7.00. The van der Waals surface area contributed by atoms with E-state index in [0.29, 0.717) is 41.8 Å². The number of hydrogen-bond acceptors (Lipinski definition) is 6. The molecule has 1 aromatic heterocycles. The standard InChI is InChI=1S/C27H44N2O5/c1-5-16-19-12-15(30)10-11-26(19,3)20-13-21(31)27(4)17(7-8-18(27)23(20)24(16)32)14(2)6-9-22-28-25(33)34-29-22/h14-21,23-24,30-32H,5-13H2,1-4H3,(H,28,29,33)/t14-,15-,16-,17?,18?,19?,20?,21+,23?,24-,26?,27?/m1/s1. The average Bonchev–Trinajstić information content (AvgIpc) is 3.38. The first-order chi connectivity index (χ1) is 16.1. The number of aliphatic hydroxyl groups excluding tert-OH is 3. The minimum atomic E-state index is -0.511. The van der Waals surface area contributed by atoms with E-state index in [1.165, 1.54) is 0 Å². The number of fused-ring (bicyclic) bond motifs is 5. The summed E-state index contributed by atoms with van der Waals surface area (Å²) in [4.78, 5) is 13.9. The fraction of sp³-hybridized carbons (Fsp3) is 0.926. The molecule has 7 unspecified atom stereocenters. The number of aliphatic hydroxyl groups is 3. The molecule has 7 heteroatoms. The normalized spacial score (nSPS) is 49.2. The van der Waals surface area contributed by atoms with Gasteiger partial charge in [-0.1, -0.05) is 39.3 Å². The van der Waals surface area contributed by atoms with E-state index < -0.39 is 5.76 Å². The maximum atomic E-state index is 11.8. The van der Waals surface area contributed by atoms with Gasteiger partial charge >= 0.3 is 5.76 Å². The smallest absolute Gasteiger partial charge is 0.393 e. The van der Waals surface area contributed by atoms with E-state index in [2.05, 4.69) is 42.4 Å². The summed E-state index contributed by atoms with van der Waals surface area (Å²) in [5.41, 5.74) is -0.136. The SMILES string of the molecule is CC[C@@H]1C2C[C@H](O)CCC2(C)C2C[C@H](O)C3(C)C(CCC3[C@H](C)CCc3noc(=O)[nH]3)C2[C@@H]1O. The molecule has 4 fully saturated rings. The fourth-order valence-corrected chi connectivity index (χ4v) is 9.82. The van der Waals surface area contributed by atoms with Gasteiger partial charge in [0.25, 0.3) is 0 Å². The Kier molecular flexibility index (Phi) is 6.30. The molecule has 4 saturated carbocycles. The van der Waals surface area contributed by atoms with Crippen LogP contribution in [0.4, 0.5) is 0 Å². The first-order valence-electron chi connectivity index (χ1n) is 13.7. The second-order valence-corrected chi connectivity index (χ2v) is 12.8. The van der Waals surface area contributed by atoms with Crippen molar-refractivity contribution in [2.45, 2.75) is 104 Å². The van der Waals surface area contributed by atoms with Gasteiger partial charge in [0.1, 0.15) is 0 Å². The number of aryl methyl sites for hydroxylation is 1. The molecule has 4 aliphatic carbocycles. The first kappa shape index (κ1) is 24.5. The van der Waals surface area contributed by atoms with E-state index in [4.69, 9.17) is 0 Å². The highest BCUT2D eigenvalue weighted by Crippen LogP contribution is 2.69. The molecule has 0 radical (unpaired) electrons. The number of aromatic nitrogens is 2. The lowest BCUT2D eigenvalue weighted by Gasteiger charge is -2.65. The van der Waals surface area contributed by atoms with Gasteiger partial charge in [0.05, 0.1) is 18.3 Å². The zero-order valence-electron chi connectivity index (χ0n) is 21.2. The lowest BCUT2D eigenvalue weighted by atomic mass is 9.41. The minimum absolute atomic E-state index is 0.0780. The van der Waals surface area contributed by atoms with Crippen molar-refractivity contribution in [3.05, 3.63) is 16.4 Å². The Morgan fingerprint density at radius 1 is 1.12 bits per heavy atom. The molecule has 5 rings (SSSR count). The van der Waals surface area contributed by atoms with E-state index >= 15 is 0 Å². The monoisotopic (exact) mass is 476 g/mol. The van der Waals surface area contributed by atoms with Gasteiger partial charge < -0.3 is 15.3 Å². The zero-order valence-corrected chi connectivity index (χ0v) is 21.2. The second-order valence-electron chi connectivity index (χ2n) is 12.8. The van der Waals surface area contributed by atoms with Crippen LogP contribution in [0.15, 0.2) is 9.32 Å². The van der Waals surface area contributed by atoms with E-state index in [1.807, 2.05) is 0 Å². The summed E-state index contributed by atoms with van der Waals surface area (Å²) in [6, 6.07) is 0. The van der Waals surface area contributed by atoms with Crippen LogP contribution < -0.4 is 5.76 Å². The van der Waals surface area contributed by atoms with Gasteiger partial charge in [0.2, 0.25) is 0 Å². The van der Waals surface area contributed by atoms with Crippen LogP contribution in [0.1, 0.15) is 84.9 Å². The van der Waals surface area contributed by atoms with Crippen LogP contribution in [-0.4, -0.2) is 43.8 Å². The van der Waals surface area contributed by atoms with E-state index in [0.717, 1.165) is 51.4 Å². The molecule has 1 heterocycles. The number of nitrogens with zero attached hydrogens (tertiary/aromatic N) is 1. The van der Waals surface area contributed by atoms with Crippen LogP contribution in [-0.2, 0) is 6.42 Å². The first-order valence-corrected chi connectivity index (χ1v) is 13.7. The van der Waals surface area contributed by atoms with Gasteiger partial charge in [-0.2, -0.15) is 0 Å². The van der Waals surface area contributed by atoms with Crippen LogP contribution in [0, 0.1) is 52.3 Å². The topological polar surface area (TPSA) is 120 Å². The van der Waals surface area contributed by atoms with Crippen LogP contribution >= 0.6 is 0 Å². The zero-order chi connectivity index (χ0) is 24.4. The van der Waals surface area contributed by atoms with Crippen molar-refractivity contribution >= 4 is 0 Å². The Morgan fingerprint density at radius 2 is 1.88 bits per heavy atom. The largest absolute Gasteiger partial charge is 0.438 e. The summed E-state index contributed by atoms with van der Waals surface area (Å²) < 4.78 is 4.65. The third-order valence-corrected chi connectivity index (χ3v) is 11.6. The molecule has 0 spiro atoms. The molecule has 0 amide bonds. The number of H-pyrrole nitrogens is 1. The molecular formula is C27H44N2O5. The van der Waals surface area contributed by atoms with E-state index in [-0.39, 0.29) is 41.0 Å². The Hall–Kier alpha value is -1.18. The summed E-state index contributed by atoms with van der Waals surface area (Å²) in [7, 11) is 0. The van der Waals surface area contributed by atoms with Crippen LogP contribution in [0.25, 0.3) is 0 Å². The molecule has 0 saturated heterocycles. The van der Waals surface area contributed by atoms with Crippen molar-refractivity contribution < 1.29 is 19.8 Å². The predicted octanol–water partition coefficient (Wildman–Crippen LogP) is 3.53. The fourth-order valence-electron chi connectivity index (χ4n) is 9.82. The lowest BCUT2D eigenvalue weighted by Crippen LogP contribution is -2.65.